The van der Waals surface area contributed by atoms with E-state index in [1.807, 2.05) is 24.3 Å². The number of carbonyl (C=O) groups is 1. The number of aliphatic hydroxyl groups excluding tert-OH is 1. The van der Waals surface area contributed by atoms with E-state index in [0.717, 1.165) is 25.7 Å². The molecule has 0 bridgehead atoms. The van der Waals surface area contributed by atoms with Gasteiger partial charge in [0.25, 0.3) is 0 Å². The Morgan fingerprint density at radius 1 is 1.12 bits per heavy atom. The van der Waals surface area contributed by atoms with Crippen molar-refractivity contribution in [2.45, 2.75) is 58.5 Å². The van der Waals surface area contributed by atoms with Crippen molar-refractivity contribution < 1.29 is 15.0 Å². The van der Waals surface area contributed by atoms with E-state index in [-0.39, 0.29) is 6.42 Å². The molecular weight excluding hydrogens is 312 g/mol. The molecule has 25 heavy (non-hydrogen) atoms. The zero-order valence-electron chi connectivity index (χ0n) is 15.5. The lowest BCUT2D eigenvalue weighted by Gasteiger charge is -2.15. The third kappa shape index (κ3) is 10.6. The summed E-state index contributed by atoms with van der Waals surface area (Å²) in [5.41, 5.74) is 1.25. The molecule has 1 aromatic rings. The van der Waals surface area contributed by atoms with Gasteiger partial charge in [0.2, 0.25) is 0 Å². The minimum Gasteiger partial charge on any atom is -0.481 e. The summed E-state index contributed by atoms with van der Waals surface area (Å²) in [6.45, 7) is 4.37. The van der Waals surface area contributed by atoms with E-state index in [9.17, 15) is 9.90 Å². The number of rotatable bonds is 12. The molecule has 1 rings (SSSR count). The fourth-order valence-corrected chi connectivity index (χ4v) is 2.56. The molecule has 0 saturated heterocycles. The minimum atomic E-state index is -0.730. The SMILES string of the molecule is CC(C=CC(O)CCc1ccccc1)C(C)CC=CCCCC(=O)O. The van der Waals surface area contributed by atoms with Crippen molar-refractivity contribution in [3.8, 4) is 0 Å². The zero-order chi connectivity index (χ0) is 18.5. The van der Waals surface area contributed by atoms with Crippen LogP contribution in [-0.2, 0) is 11.2 Å². The average Bonchev–Trinajstić information content (AvgIpc) is 2.61. The molecule has 0 amide bonds. The van der Waals surface area contributed by atoms with Gasteiger partial charge in [-0.3, -0.25) is 4.79 Å². The summed E-state index contributed by atoms with van der Waals surface area (Å²) in [7, 11) is 0. The van der Waals surface area contributed by atoms with Crippen molar-refractivity contribution in [2.24, 2.45) is 11.8 Å². The molecule has 3 atom stereocenters. The van der Waals surface area contributed by atoms with Gasteiger partial charge in [-0.15, -0.1) is 0 Å². The maximum atomic E-state index is 10.4. The summed E-state index contributed by atoms with van der Waals surface area (Å²) in [5, 5.41) is 18.7. The number of hydrogen-bond donors (Lipinski definition) is 2. The summed E-state index contributed by atoms with van der Waals surface area (Å²) in [5.74, 6) is 0.162. The standard InChI is InChI=1S/C22H32O3/c1-18(10-6-3-4-9-13-22(24)25)19(2)14-16-21(23)17-15-20-11-7-5-8-12-20/h3,5-8,11-12,14,16,18-19,21,23H,4,9-10,13,15,17H2,1-2H3,(H,24,25). The first-order valence-corrected chi connectivity index (χ1v) is 9.26. The molecule has 0 aliphatic heterocycles. The van der Waals surface area contributed by atoms with E-state index < -0.39 is 12.1 Å². The van der Waals surface area contributed by atoms with Crippen LogP contribution in [0.4, 0.5) is 0 Å². The van der Waals surface area contributed by atoms with E-state index in [4.69, 9.17) is 5.11 Å². The third-order valence-electron chi connectivity index (χ3n) is 4.54. The number of unbranched alkanes of at least 4 members (excludes halogenated alkanes) is 1. The highest BCUT2D eigenvalue weighted by Crippen LogP contribution is 2.18. The lowest BCUT2D eigenvalue weighted by Crippen LogP contribution is -2.08. The quantitative estimate of drug-likeness (QED) is 0.414. The first-order chi connectivity index (χ1) is 12.0. The van der Waals surface area contributed by atoms with Gasteiger partial charge in [-0.2, -0.15) is 0 Å². The van der Waals surface area contributed by atoms with Crippen molar-refractivity contribution in [3.63, 3.8) is 0 Å². The monoisotopic (exact) mass is 344 g/mol. The summed E-state index contributed by atoms with van der Waals surface area (Å²) >= 11 is 0. The maximum Gasteiger partial charge on any atom is 0.303 e. The number of aryl methyl sites for hydroxylation is 1. The smallest absolute Gasteiger partial charge is 0.303 e. The van der Waals surface area contributed by atoms with Crippen molar-refractivity contribution in [1.29, 1.82) is 0 Å². The molecule has 3 heteroatoms. The fourth-order valence-electron chi connectivity index (χ4n) is 2.56. The van der Waals surface area contributed by atoms with Gasteiger partial charge < -0.3 is 10.2 Å². The number of hydrogen-bond acceptors (Lipinski definition) is 2. The van der Waals surface area contributed by atoms with Crippen molar-refractivity contribution in [1.82, 2.24) is 0 Å². The van der Waals surface area contributed by atoms with E-state index in [1.54, 1.807) is 0 Å². The number of aliphatic carboxylic acids is 1. The Balaban J connectivity index is 2.23. The normalized spacial score (nSPS) is 15.5. The largest absolute Gasteiger partial charge is 0.481 e. The van der Waals surface area contributed by atoms with Crippen LogP contribution in [-0.4, -0.2) is 22.3 Å². The molecule has 0 saturated carbocycles. The third-order valence-corrected chi connectivity index (χ3v) is 4.54. The topological polar surface area (TPSA) is 57.5 Å². The highest BCUT2D eigenvalue weighted by Gasteiger charge is 2.08. The van der Waals surface area contributed by atoms with Crippen LogP contribution in [0, 0.1) is 11.8 Å². The number of allylic oxidation sites excluding steroid dienone is 3. The second-order valence-electron chi connectivity index (χ2n) is 6.81. The number of aliphatic hydroxyl groups is 1. The Morgan fingerprint density at radius 2 is 1.84 bits per heavy atom. The summed E-state index contributed by atoms with van der Waals surface area (Å²) in [6, 6.07) is 10.2. The summed E-state index contributed by atoms with van der Waals surface area (Å²) in [4.78, 5) is 10.4. The predicted molar refractivity (Wildman–Crippen MR) is 103 cm³/mol. The van der Waals surface area contributed by atoms with Gasteiger partial charge in [0.1, 0.15) is 0 Å². The van der Waals surface area contributed by atoms with Crippen LogP contribution < -0.4 is 0 Å². The van der Waals surface area contributed by atoms with Crippen molar-refractivity contribution >= 4 is 5.97 Å². The second kappa shape index (κ2) is 12.5. The Morgan fingerprint density at radius 3 is 2.52 bits per heavy atom. The average molecular weight is 344 g/mol. The zero-order valence-corrected chi connectivity index (χ0v) is 15.5. The van der Waals surface area contributed by atoms with Crippen LogP contribution >= 0.6 is 0 Å². The molecule has 3 unspecified atom stereocenters. The lowest BCUT2D eigenvalue weighted by molar-refractivity contribution is -0.137. The lowest BCUT2D eigenvalue weighted by atomic mass is 9.91. The molecule has 1 aromatic carbocycles. The Labute approximate surface area is 152 Å². The van der Waals surface area contributed by atoms with Crippen molar-refractivity contribution in [3.05, 3.63) is 60.2 Å². The molecule has 0 aromatic heterocycles. The Hall–Kier alpha value is -1.87. The van der Waals surface area contributed by atoms with Crippen LogP contribution in [0.15, 0.2) is 54.6 Å². The Bertz CT molecular complexity index is 533. The van der Waals surface area contributed by atoms with E-state index in [1.165, 1.54) is 5.56 Å². The molecule has 138 valence electrons. The van der Waals surface area contributed by atoms with Gasteiger partial charge in [-0.05, 0) is 49.5 Å². The molecule has 0 fully saturated rings. The molecule has 0 aliphatic carbocycles. The van der Waals surface area contributed by atoms with E-state index in [2.05, 4.69) is 44.2 Å². The highest BCUT2D eigenvalue weighted by molar-refractivity contribution is 5.66. The van der Waals surface area contributed by atoms with Crippen LogP contribution in [0.1, 0.15) is 51.5 Å². The van der Waals surface area contributed by atoms with Gasteiger partial charge in [0.05, 0.1) is 6.10 Å². The molecule has 0 radical (unpaired) electrons. The summed E-state index contributed by atoms with van der Waals surface area (Å²) < 4.78 is 0. The predicted octanol–water partition coefficient (Wildman–Crippen LogP) is 5.01. The first kappa shape index (κ1) is 21.2. The number of carboxylic acids is 1. The maximum absolute atomic E-state index is 10.4. The molecule has 0 spiro atoms. The van der Waals surface area contributed by atoms with Crippen LogP contribution in [0.25, 0.3) is 0 Å². The molecular formula is C22H32O3. The van der Waals surface area contributed by atoms with Crippen LogP contribution in [0.5, 0.6) is 0 Å². The summed E-state index contributed by atoms with van der Waals surface area (Å²) in [6.07, 6.45) is 12.2. The van der Waals surface area contributed by atoms with E-state index in [0.29, 0.717) is 18.3 Å². The van der Waals surface area contributed by atoms with Gasteiger partial charge >= 0.3 is 5.97 Å². The second-order valence-corrected chi connectivity index (χ2v) is 6.81. The molecule has 0 heterocycles. The van der Waals surface area contributed by atoms with E-state index >= 15 is 0 Å². The first-order valence-electron chi connectivity index (χ1n) is 9.26. The Kier molecular flexibility index (Phi) is 10.6. The van der Waals surface area contributed by atoms with Crippen molar-refractivity contribution in [2.75, 3.05) is 0 Å². The van der Waals surface area contributed by atoms with Crippen LogP contribution in [0.3, 0.4) is 0 Å². The molecule has 3 nitrogen and oxygen atoms in total. The van der Waals surface area contributed by atoms with Gasteiger partial charge in [0.15, 0.2) is 0 Å². The molecule has 2 N–H and O–H groups in total. The number of benzene rings is 1. The van der Waals surface area contributed by atoms with Gasteiger partial charge in [-0.1, -0.05) is 68.5 Å². The highest BCUT2D eigenvalue weighted by atomic mass is 16.4. The van der Waals surface area contributed by atoms with Gasteiger partial charge in [0, 0.05) is 6.42 Å². The van der Waals surface area contributed by atoms with Crippen LogP contribution in [0.2, 0.25) is 0 Å². The number of carboxylic acid groups (broad SMARTS) is 1. The van der Waals surface area contributed by atoms with Gasteiger partial charge in [-0.25, -0.2) is 0 Å². The molecule has 0 aliphatic rings. The minimum absolute atomic E-state index is 0.236. The fraction of sp³-hybridized carbons (Fsp3) is 0.500.